The average molecular weight is 447 g/mol. The van der Waals surface area contributed by atoms with Crippen molar-refractivity contribution in [3.05, 3.63) is 50.1 Å². The number of nitrogens with one attached hydrogen (secondary N) is 1. The van der Waals surface area contributed by atoms with Crippen LogP contribution in [0.2, 0.25) is 9.36 Å². The number of halogens is 5. The standard InChI is InChI=1S/C14H11Cl2F3N2O3S2/c1-8(20-24-7-10-3-5-13(16)25-10)11-6-9(15)2-4-12(11)21-26(22,23)14(17,18)19/h2-6,21H,7H2,1H3/b20-8-. The van der Waals surface area contributed by atoms with Crippen LogP contribution in [-0.4, -0.2) is 19.6 Å². The molecule has 0 saturated carbocycles. The third kappa shape index (κ3) is 5.26. The molecule has 0 amide bonds. The largest absolute Gasteiger partial charge is 0.516 e. The van der Waals surface area contributed by atoms with E-state index in [1.165, 1.54) is 35.1 Å². The van der Waals surface area contributed by atoms with Gasteiger partial charge in [-0.05, 0) is 37.3 Å². The molecular weight excluding hydrogens is 436 g/mol. The molecule has 2 rings (SSSR count). The lowest BCUT2D eigenvalue weighted by Crippen LogP contribution is -2.30. The summed E-state index contributed by atoms with van der Waals surface area (Å²) in [5.41, 5.74) is -5.59. The molecule has 12 heteroatoms. The molecule has 5 nitrogen and oxygen atoms in total. The number of benzene rings is 1. The average Bonchev–Trinajstić information content (AvgIpc) is 2.93. The van der Waals surface area contributed by atoms with E-state index in [2.05, 4.69) is 5.16 Å². The Labute approximate surface area is 161 Å². The maximum Gasteiger partial charge on any atom is 0.516 e. The summed E-state index contributed by atoms with van der Waals surface area (Å²) < 4.78 is 62.5. The lowest BCUT2D eigenvalue weighted by molar-refractivity contribution is -0.0429. The third-order valence-electron chi connectivity index (χ3n) is 2.96. The topological polar surface area (TPSA) is 67.8 Å². The van der Waals surface area contributed by atoms with Gasteiger partial charge in [-0.25, -0.2) is 0 Å². The van der Waals surface area contributed by atoms with Crippen LogP contribution in [0.5, 0.6) is 0 Å². The maximum absolute atomic E-state index is 12.6. The van der Waals surface area contributed by atoms with Crippen LogP contribution in [0.15, 0.2) is 35.5 Å². The Morgan fingerprint density at radius 3 is 2.54 bits per heavy atom. The van der Waals surface area contributed by atoms with Crippen LogP contribution in [0.4, 0.5) is 18.9 Å². The van der Waals surface area contributed by atoms with Crippen molar-refractivity contribution in [1.29, 1.82) is 0 Å². The van der Waals surface area contributed by atoms with Crippen molar-refractivity contribution in [2.45, 2.75) is 19.0 Å². The zero-order valence-corrected chi connectivity index (χ0v) is 16.1. The monoisotopic (exact) mass is 446 g/mol. The van der Waals surface area contributed by atoms with Crippen LogP contribution in [0.3, 0.4) is 0 Å². The maximum atomic E-state index is 12.6. The minimum absolute atomic E-state index is 0.0505. The number of sulfonamides is 1. The Morgan fingerprint density at radius 1 is 1.27 bits per heavy atom. The second-order valence-corrected chi connectivity index (χ2v) is 8.81. The van der Waals surface area contributed by atoms with Gasteiger partial charge in [0.1, 0.15) is 0 Å². The lowest BCUT2D eigenvalue weighted by Gasteiger charge is -2.14. The predicted octanol–water partition coefficient (Wildman–Crippen LogP) is 5.26. The van der Waals surface area contributed by atoms with Gasteiger partial charge < -0.3 is 4.84 Å². The van der Waals surface area contributed by atoms with Crippen LogP contribution in [0.1, 0.15) is 17.4 Å². The summed E-state index contributed by atoms with van der Waals surface area (Å²) in [7, 11) is -5.58. The number of anilines is 1. The molecule has 1 heterocycles. The van der Waals surface area contributed by atoms with Gasteiger partial charge in [0.25, 0.3) is 0 Å². The minimum atomic E-state index is -5.58. The van der Waals surface area contributed by atoms with E-state index in [1.54, 1.807) is 12.1 Å². The molecule has 0 saturated heterocycles. The molecular formula is C14H11Cl2F3N2O3S2. The van der Waals surface area contributed by atoms with Gasteiger partial charge >= 0.3 is 15.5 Å². The summed E-state index contributed by atoms with van der Waals surface area (Å²) in [5.74, 6) is 0. The molecule has 0 fully saturated rings. The van der Waals surface area contributed by atoms with E-state index in [9.17, 15) is 21.6 Å². The number of alkyl halides is 3. The third-order valence-corrected chi connectivity index (χ3v) is 5.50. The molecule has 0 aliphatic carbocycles. The highest BCUT2D eigenvalue weighted by atomic mass is 35.5. The summed E-state index contributed by atoms with van der Waals surface area (Å²) in [4.78, 5) is 5.93. The van der Waals surface area contributed by atoms with Crippen molar-refractivity contribution in [3.8, 4) is 0 Å². The second-order valence-electron chi connectivity index (χ2n) is 4.90. The highest BCUT2D eigenvalue weighted by Crippen LogP contribution is 2.29. The van der Waals surface area contributed by atoms with Gasteiger partial charge in [-0.2, -0.15) is 21.6 Å². The Hall–Kier alpha value is -1.49. The van der Waals surface area contributed by atoms with Gasteiger partial charge in [0.05, 0.1) is 15.7 Å². The Morgan fingerprint density at radius 2 is 1.96 bits per heavy atom. The SMILES string of the molecule is C/C(=N/OCc1ccc(Cl)s1)c1cc(Cl)ccc1NS(=O)(=O)C(F)(F)F. The highest BCUT2D eigenvalue weighted by Gasteiger charge is 2.46. The number of thiophene rings is 1. The first-order valence-corrected chi connectivity index (χ1v) is 9.85. The molecule has 0 bridgehead atoms. The predicted molar refractivity (Wildman–Crippen MR) is 96.4 cm³/mol. The van der Waals surface area contributed by atoms with Crippen molar-refractivity contribution in [2.75, 3.05) is 4.72 Å². The summed E-state index contributed by atoms with van der Waals surface area (Å²) in [6.45, 7) is 1.54. The quantitative estimate of drug-likeness (QED) is 0.486. The number of oxime groups is 1. The molecule has 26 heavy (non-hydrogen) atoms. The van der Waals surface area contributed by atoms with Crippen LogP contribution in [0, 0.1) is 0 Å². The van der Waals surface area contributed by atoms with E-state index < -0.39 is 15.5 Å². The van der Waals surface area contributed by atoms with Crippen molar-refractivity contribution in [3.63, 3.8) is 0 Å². The van der Waals surface area contributed by atoms with E-state index in [-0.39, 0.29) is 28.6 Å². The molecule has 0 spiro atoms. The molecule has 1 aromatic heterocycles. The molecule has 0 atom stereocenters. The van der Waals surface area contributed by atoms with Gasteiger partial charge in [0.15, 0.2) is 6.61 Å². The number of hydrogen-bond donors (Lipinski definition) is 1. The molecule has 0 aliphatic rings. The van der Waals surface area contributed by atoms with Crippen LogP contribution < -0.4 is 4.72 Å². The van der Waals surface area contributed by atoms with Crippen molar-refractivity contribution < 1.29 is 26.4 Å². The fourth-order valence-corrected chi connectivity index (χ4v) is 3.53. The second kappa shape index (κ2) is 8.03. The molecule has 0 radical (unpaired) electrons. The molecule has 1 N–H and O–H groups in total. The molecule has 2 aromatic rings. The zero-order chi connectivity index (χ0) is 19.5. The first-order valence-electron chi connectivity index (χ1n) is 6.79. The van der Waals surface area contributed by atoms with E-state index in [0.717, 1.165) is 10.9 Å². The Balaban J connectivity index is 2.24. The lowest BCUT2D eigenvalue weighted by atomic mass is 10.1. The zero-order valence-electron chi connectivity index (χ0n) is 13.0. The summed E-state index contributed by atoms with van der Waals surface area (Å²) in [6.07, 6.45) is 0. The van der Waals surface area contributed by atoms with Gasteiger partial charge in [0, 0.05) is 15.5 Å². The number of hydrogen-bond acceptors (Lipinski definition) is 5. The molecule has 142 valence electrons. The first kappa shape index (κ1) is 20.8. The smallest absolute Gasteiger partial charge is 0.390 e. The van der Waals surface area contributed by atoms with E-state index in [4.69, 9.17) is 28.0 Å². The van der Waals surface area contributed by atoms with E-state index >= 15 is 0 Å². The molecule has 1 aromatic carbocycles. The van der Waals surface area contributed by atoms with E-state index in [1.807, 2.05) is 0 Å². The van der Waals surface area contributed by atoms with Crippen molar-refractivity contribution in [1.82, 2.24) is 0 Å². The van der Waals surface area contributed by atoms with Crippen LogP contribution in [0.25, 0.3) is 0 Å². The summed E-state index contributed by atoms with van der Waals surface area (Å²) in [5, 5.41) is 3.99. The Kier molecular flexibility index (Phi) is 6.43. The minimum Gasteiger partial charge on any atom is -0.390 e. The van der Waals surface area contributed by atoms with Gasteiger partial charge in [-0.3, -0.25) is 4.72 Å². The Bertz CT molecular complexity index is 928. The van der Waals surface area contributed by atoms with Gasteiger partial charge in [-0.15, -0.1) is 11.3 Å². The number of nitrogens with zero attached hydrogens (tertiary/aromatic N) is 1. The van der Waals surface area contributed by atoms with Crippen molar-refractivity contribution in [2.24, 2.45) is 5.16 Å². The van der Waals surface area contributed by atoms with E-state index in [0.29, 0.717) is 4.34 Å². The van der Waals surface area contributed by atoms with Gasteiger partial charge in [0.2, 0.25) is 0 Å². The van der Waals surface area contributed by atoms with Crippen molar-refractivity contribution >= 4 is 56.0 Å². The van der Waals surface area contributed by atoms with Crippen LogP contribution >= 0.6 is 34.5 Å². The summed E-state index contributed by atoms with van der Waals surface area (Å²) in [6, 6.07) is 7.06. The summed E-state index contributed by atoms with van der Waals surface area (Å²) >= 11 is 12.9. The number of rotatable bonds is 6. The normalized spacial score (nSPS) is 12.9. The fourth-order valence-electron chi connectivity index (χ4n) is 1.78. The van der Waals surface area contributed by atoms with Gasteiger partial charge in [-0.1, -0.05) is 28.4 Å². The molecule has 0 aliphatic heterocycles. The first-order chi connectivity index (χ1) is 12.0. The van der Waals surface area contributed by atoms with Crippen LogP contribution in [-0.2, 0) is 21.5 Å². The fraction of sp³-hybridized carbons (Fsp3) is 0.214. The molecule has 0 unspecified atom stereocenters. The highest BCUT2D eigenvalue weighted by molar-refractivity contribution is 7.93.